The molecule has 1 N–H and O–H groups in total. The first-order chi connectivity index (χ1) is 15.6. The maximum absolute atomic E-state index is 13.3. The first-order valence-electron chi connectivity index (χ1n) is 11.9. The number of rotatable bonds is 6. The van der Waals surface area contributed by atoms with E-state index in [0.717, 1.165) is 62.1 Å². The number of nitrogens with one attached hydrogen (secondary N) is 1. The summed E-state index contributed by atoms with van der Waals surface area (Å²) in [5, 5.41) is 13.8. The van der Waals surface area contributed by atoms with E-state index in [0.29, 0.717) is 18.0 Å². The molecular formula is C24H32N6O2. The summed E-state index contributed by atoms with van der Waals surface area (Å²) < 4.78 is 7.69. The fourth-order valence-electron chi connectivity index (χ4n) is 5.17. The van der Waals surface area contributed by atoms with Crippen LogP contribution in [0, 0.1) is 5.92 Å². The summed E-state index contributed by atoms with van der Waals surface area (Å²) in [6.07, 6.45) is 5.48. The number of aromatic nitrogens is 5. The lowest BCUT2D eigenvalue weighted by molar-refractivity contribution is 0.0889. The highest BCUT2D eigenvalue weighted by Crippen LogP contribution is 2.31. The zero-order valence-electron chi connectivity index (χ0n) is 19.0. The summed E-state index contributed by atoms with van der Waals surface area (Å²) in [4.78, 5) is 18.8. The van der Waals surface area contributed by atoms with Crippen molar-refractivity contribution in [3.05, 3.63) is 51.6 Å². The third-order valence-corrected chi connectivity index (χ3v) is 6.90. The smallest absolute Gasteiger partial charge is 0.253 e. The molecule has 32 heavy (non-hydrogen) atoms. The van der Waals surface area contributed by atoms with Crippen molar-refractivity contribution in [2.45, 2.75) is 64.6 Å². The van der Waals surface area contributed by atoms with E-state index in [1.165, 1.54) is 12.0 Å². The van der Waals surface area contributed by atoms with Gasteiger partial charge in [-0.15, -0.1) is 5.10 Å². The van der Waals surface area contributed by atoms with Crippen molar-refractivity contribution in [2.75, 3.05) is 19.7 Å². The molecule has 5 rings (SSSR count). The zero-order chi connectivity index (χ0) is 22.1. The van der Waals surface area contributed by atoms with Crippen LogP contribution in [-0.4, -0.2) is 55.9 Å². The molecule has 8 nitrogen and oxygen atoms in total. The van der Waals surface area contributed by atoms with Gasteiger partial charge in [-0.3, -0.25) is 9.69 Å². The molecule has 3 aromatic rings. The average molecular weight is 437 g/mol. The van der Waals surface area contributed by atoms with Crippen LogP contribution in [0.25, 0.3) is 10.9 Å². The van der Waals surface area contributed by atoms with Crippen molar-refractivity contribution < 1.29 is 4.74 Å². The zero-order valence-corrected chi connectivity index (χ0v) is 19.0. The highest BCUT2D eigenvalue weighted by molar-refractivity contribution is 5.80. The van der Waals surface area contributed by atoms with Crippen molar-refractivity contribution in [1.82, 2.24) is 30.1 Å². The second-order valence-corrected chi connectivity index (χ2v) is 9.33. The van der Waals surface area contributed by atoms with Gasteiger partial charge in [0.15, 0.2) is 5.82 Å². The van der Waals surface area contributed by atoms with Gasteiger partial charge < -0.3 is 9.72 Å². The largest absolute Gasteiger partial charge is 0.376 e. The van der Waals surface area contributed by atoms with Gasteiger partial charge >= 0.3 is 0 Å². The molecular weight excluding hydrogens is 404 g/mol. The summed E-state index contributed by atoms with van der Waals surface area (Å²) in [6, 6.07) is 8.00. The van der Waals surface area contributed by atoms with E-state index in [1.807, 2.05) is 16.8 Å². The SMILES string of the molecule is CCc1ccc2[nH]c(=O)c([C@@H](c3nnnn3C[C@@H]3CCCO3)N3CCC[C@H](C)C3)cc2c1. The standard InChI is InChI=1S/C24H32N6O2/c1-3-17-8-9-21-18(12-17)13-20(24(31)25-21)22(29-10-4-6-16(2)14-29)23-26-27-28-30(23)15-19-7-5-11-32-19/h8-9,12-13,16,19,22H,3-7,10-11,14-15H2,1-2H3,(H,25,31)/t16-,19-,22-/m0/s1. The molecule has 1 aromatic carbocycles. The molecule has 2 fully saturated rings. The van der Waals surface area contributed by atoms with Crippen LogP contribution in [0.2, 0.25) is 0 Å². The number of ether oxygens (including phenoxy) is 1. The lowest BCUT2D eigenvalue weighted by Crippen LogP contribution is -2.41. The molecule has 0 aliphatic carbocycles. The number of pyridine rings is 1. The Bertz CT molecular complexity index is 1130. The number of H-pyrrole nitrogens is 1. The van der Waals surface area contributed by atoms with E-state index in [2.05, 4.69) is 51.4 Å². The Balaban J connectivity index is 1.60. The highest BCUT2D eigenvalue weighted by atomic mass is 16.5. The Morgan fingerprint density at radius 2 is 2.16 bits per heavy atom. The fourth-order valence-corrected chi connectivity index (χ4v) is 5.17. The second kappa shape index (κ2) is 9.11. The van der Waals surface area contributed by atoms with Crippen LogP contribution in [0.3, 0.4) is 0 Å². The Morgan fingerprint density at radius 1 is 1.25 bits per heavy atom. The molecule has 2 aliphatic rings. The Labute approximate surface area is 188 Å². The molecule has 2 saturated heterocycles. The van der Waals surface area contributed by atoms with Gasteiger partial charge in [0.25, 0.3) is 5.56 Å². The maximum atomic E-state index is 13.3. The molecule has 3 atom stereocenters. The minimum absolute atomic E-state index is 0.0726. The van der Waals surface area contributed by atoms with Crippen LogP contribution >= 0.6 is 0 Å². The van der Waals surface area contributed by atoms with E-state index in [1.54, 1.807) is 0 Å². The summed E-state index contributed by atoms with van der Waals surface area (Å²) in [5.74, 6) is 1.30. The normalized spacial score (nSPS) is 23.1. The van der Waals surface area contributed by atoms with E-state index in [-0.39, 0.29) is 17.7 Å². The number of hydrogen-bond donors (Lipinski definition) is 1. The van der Waals surface area contributed by atoms with Crippen molar-refractivity contribution in [2.24, 2.45) is 5.92 Å². The van der Waals surface area contributed by atoms with Crippen molar-refractivity contribution in [3.8, 4) is 0 Å². The average Bonchev–Trinajstić information content (AvgIpc) is 3.47. The highest BCUT2D eigenvalue weighted by Gasteiger charge is 2.33. The summed E-state index contributed by atoms with van der Waals surface area (Å²) in [6.45, 7) is 7.67. The Hall–Kier alpha value is -2.58. The van der Waals surface area contributed by atoms with Gasteiger partial charge in [-0.05, 0) is 84.1 Å². The molecule has 2 aromatic heterocycles. The van der Waals surface area contributed by atoms with Crippen molar-refractivity contribution >= 4 is 10.9 Å². The van der Waals surface area contributed by atoms with Gasteiger partial charge in [0.2, 0.25) is 0 Å². The third kappa shape index (κ3) is 4.21. The molecule has 0 amide bonds. The first kappa shape index (κ1) is 21.3. The number of benzene rings is 1. The van der Waals surface area contributed by atoms with Crippen LogP contribution in [0.5, 0.6) is 0 Å². The molecule has 0 bridgehead atoms. The van der Waals surface area contributed by atoms with Crippen LogP contribution < -0.4 is 5.56 Å². The number of hydrogen-bond acceptors (Lipinski definition) is 6. The maximum Gasteiger partial charge on any atom is 0.253 e. The van der Waals surface area contributed by atoms with E-state index < -0.39 is 0 Å². The van der Waals surface area contributed by atoms with Gasteiger partial charge in [-0.25, -0.2) is 4.68 Å². The van der Waals surface area contributed by atoms with Gasteiger partial charge in [0.05, 0.1) is 12.6 Å². The predicted octanol–water partition coefficient (Wildman–Crippen LogP) is 3.08. The van der Waals surface area contributed by atoms with Crippen molar-refractivity contribution in [1.29, 1.82) is 0 Å². The molecule has 0 saturated carbocycles. The van der Waals surface area contributed by atoms with Crippen LogP contribution in [-0.2, 0) is 17.7 Å². The van der Waals surface area contributed by atoms with Gasteiger partial charge in [-0.1, -0.05) is 19.9 Å². The van der Waals surface area contributed by atoms with E-state index in [9.17, 15) is 4.79 Å². The summed E-state index contributed by atoms with van der Waals surface area (Å²) in [5.41, 5.74) is 2.75. The molecule has 4 heterocycles. The number of aromatic amines is 1. The van der Waals surface area contributed by atoms with Crippen LogP contribution in [0.1, 0.15) is 62.5 Å². The number of fused-ring (bicyclic) bond motifs is 1. The number of piperidine rings is 1. The fraction of sp³-hybridized carbons (Fsp3) is 0.583. The number of aryl methyl sites for hydroxylation is 1. The predicted molar refractivity (Wildman–Crippen MR) is 123 cm³/mol. The minimum Gasteiger partial charge on any atom is -0.376 e. The number of tetrazole rings is 1. The topological polar surface area (TPSA) is 88.9 Å². The molecule has 2 aliphatic heterocycles. The summed E-state index contributed by atoms with van der Waals surface area (Å²) in [7, 11) is 0. The lowest BCUT2D eigenvalue weighted by atomic mass is 9.95. The Kier molecular flexibility index (Phi) is 6.06. The minimum atomic E-state index is -0.285. The molecule has 0 unspecified atom stereocenters. The van der Waals surface area contributed by atoms with E-state index in [4.69, 9.17) is 4.74 Å². The van der Waals surface area contributed by atoms with Gasteiger partial charge in [0, 0.05) is 24.2 Å². The molecule has 170 valence electrons. The quantitative estimate of drug-likeness (QED) is 0.639. The molecule has 8 heteroatoms. The van der Waals surface area contributed by atoms with Gasteiger partial charge in [0.1, 0.15) is 6.04 Å². The van der Waals surface area contributed by atoms with Crippen molar-refractivity contribution in [3.63, 3.8) is 0 Å². The Morgan fingerprint density at radius 3 is 2.94 bits per heavy atom. The molecule has 0 spiro atoms. The van der Waals surface area contributed by atoms with Crippen LogP contribution in [0.15, 0.2) is 29.1 Å². The van der Waals surface area contributed by atoms with Gasteiger partial charge in [-0.2, -0.15) is 0 Å². The monoisotopic (exact) mass is 436 g/mol. The number of likely N-dealkylation sites (tertiary alicyclic amines) is 1. The first-order valence-corrected chi connectivity index (χ1v) is 11.9. The number of nitrogens with zero attached hydrogens (tertiary/aromatic N) is 5. The van der Waals surface area contributed by atoms with Crippen LogP contribution in [0.4, 0.5) is 0 Å². The lowest BCUT2D eigenvalue weighted by Gasteiger charge is -2.36. The third-order valence-electron chi connectivity index (χ3n) is 6.90. The molecule has 0 radical (unpaired) electrons. The van der Waals surface area contributed by atoms with E-state index >= 15 is 0 Å². The second-order valence-electron chi connectivity index (χ2n) is 9.33. The summed E-state index contributed by atoms with van der Waals surface area (Å²) >= 11 is 0.